The lowest BCUT2D eigenvalue weighted by atomic mass is 9.81. The third-order valence-corrected chi connectivity index (χ3v) is 10.3. The number of esters is 1. The number of hydrogen-bond acceptors (Lipinski definition) is 6. The number of hydrogen-bond donors (Lipinski definition) is 0. The van der Waals surface area contributed by atoms with Crippen molar-refractivity contribution < 1.29 is 28.7 Å². The zero-order valence-corrected chi connectivity index (χ0v) is 21.9. The van der Waals surface area contributed by atoms with Gasteiger partial charge in [0.05, 0.1) is 18.9 Å². The number of ketones is 1. The van der Waals surface area contributed by atoms with Crippen LogP contribution in [0.5, 0.6) is 5.75 Å². The third-order valence-electron chi connectivity index (χ3n) is 7.06. The second kappa shape index (κ2) is 9.49. The predicted molar refractivity (Wildman–Crippen MR) is 127 cm³/mol. The number of halogens is 2. The molecule has 2 saturated carbocycles. The summed E-state index contributed by atoms with van der Waals surface area (Å²) in [5.74, 6) is -1.66. The monoisotopic (exact) mass is 583 g/mol. The summed E-state index contributed by atoms with van der Waals surface area (Å²) < 4.78 is 10.4. The summed E-state index contributed by atoms with van der Waals surface area (Å²) in [4.78, 5) is 53.7. The Balaban J connectivity index is 1.48. The summed E-state index contributed by atoms with van der Waals surface area (Å²) in [5, 5.41) is 0. The fraction of sp³-hybridized carbons (Fsp3) is 0.583. The molecule has 1 aromatic carbocycles. The molecule has 7 atom stereocenters. The van der Waals surface area contributed by atoms with Gasteiger partial charge in [-0.05, 0) is 54.9 Å². The fourth-order valence-electron chi connectivity index (χ4n) is 5.53. The molecule has 1 aliphatic heterocycles. The number of Topliss-reactive ketones (excluding diaryl/α,β-unsaturated/α-hetero) is 1. The number of carbonyl (C=O) groups is 4. The van der Waals surface area contributed by atoms with Crippen molar-refractivity contribution in [3.63, 3.8) is 0 Å². The van der Waals surface area contributed by atoms with Crippen molar-refractivity contribution in [1.29, 1.82) is 0 Å². The van der Waals surface area contributed by atoms with E-state index < -0.39 is 30.5 Å². The number of ether oxygens (including phenoxy) is 2. The molecule has 1 heterocycles. The van der Waals surface area contributed by atoms with Crippen LogP contribution in [0.1, 0.15) is 37.0 Å². The van der Waals surface area contributed by atoms with Crippen LogP contribution >= 0.6 is 31.9 Å². The van der Waals surface area contributed by atoms with Gasteiger partial charge in [0.1, 0.15) is 11.8 Å². The van der Waals surface area contributed by atoms with Crippen molar-refractivity contribution in [3.05, 3.63) is 29.8 Å². The first-order chi connectivity index (χ1) is 15.6. The van der Waals surface area contributed by atoms with E-state index in [1.165, 1.54) is 7.11 Å². The molecule has 3 aliphatic rings. The molecule has 0 N–H and O–H groups in total. The molecular formula is C24H27Br2NO6. The highest BCUT2D eigenvalue weighted by molar-refractivity contribution is 9.12. The average Bonchev–Trinajstić information content (AvgIpc) is 3.40. The summed E-state index contributed by atoms with van der Waals surface area (Å²) >= 11 is 7.35. The Kier molecular flexibility index (Phi) is 7.01. The van der Waals surface area contributed by atoms with E-state index in [0.29, 0.717) is 11.3 Å². The SMILES string of the molecule is COc1ccc(C(=O)COC(=O)[C@H](CC(C)C)N2C(=O)[C@@H]3[C@H]4C[C@@H]([C@H](Br)[C@@H]4Br)[C@@H]3C2=O)cc1. The Morgan fingerprint density at radius 3 is 2.06 bits per heavy atom. The highest BCUT2D eigenvalue weighted by atomic mass is 79.9. The van der Waals surface area contributed by atoms with Gasteiger partial charge in [0.15, 0.2) is 12.4 Å². The number of nitrogens with zero attached hydrogens (tertiary/aromatic N) is 1. The number of imide groups is 1. The van der Waals surface area contributed by atoms with Crippen LogP contribution in [0.15, 0.2) is 24.3 Å². The van der Waals surface area contributed by atoms with E-state index in [1.807, 2.05) is 13.8 Å². The topological polar surface area (TPSA) is 90.0 Å². The summed E-state index contributed by atoms with van der Waals surface area (Å²) in [6, 6.07) is 5.47. The Bertz CT molecular complexity index is 932. The molecule has 2 amide bonds. The largest absolute Gasteiger partial charge is 0.497 e. The lowest BCUT2D eigenvalue weighted by Gasteiger charge is -2.28. The average molecular weight is 585 g/mol. The molecule has 1 aromatic rings. The van der Waals surface area contributed by atoms with Crippen LogP contribution in [0.4, 0.5) is 0 Å². The smallest absolute Gasteiger partial charge is 0.329 e. The summed E-state index contributed by atoms with van der Waals surface area (Å²) in [5.41, 5.74) is 0.384. The number of alkyl halides is 2. The van der Waals surface area contributed by atoms with E-state index in [2.05, 4.69) is 31.9 Å². The van der Waals surface area contributed by atoms with Crippen molar-refractivity contribution >= 4 is 55.4 Å². The first kappa shape index (κ1) is 24.4. The number of benzene rings is 1. The molecule has 2 bridgehead atoms. The molecule has 0 radical (unpaired) electrons. The summed E-state index contributed by atoms with van der Waals surface area (Å²) in [7, 11) is 1.53. The maximum atomic E-state index is 13.4. The van der Waals surface area contributed by atoms with Crippen molar-refractivity contribution in [2.24, 2.45) is 29.6 Å². The predicted octanol–water partition coefficient (Wildman–Crippen LogP) is 3.61. The molecule has 0 unspecified atom stereocenters. The number of methoxy groups -OCH3 is 1. The first-order valence-corrected chi connectivity index (χ1v) is 13.0. The maximum Gasteiger partial charge on any atom is 0.329 e. The van der Waals surface area contributed by atoms with Crippen molar-refractivity contribution in [3.8, 4) is 5.75 Å². The second-order valence-corrected chi connectivity index (χ2v) is 11.6. The molecule has 9 heteroatoms. The standard InChI is InChI=1S/C24H27Br2NO6/c1-11(2)8-16(24(31)33-10-17(28)12-4-6-13(32-3)7-5-12)27-22(29)18-14-9-15(19(18)23(27)30)21(26)20(14)25/h4-7,11,14-16,18-21H,8-10H2,1-3H3/t14-,15-,16+,18-,19+,20-,21+/m1/s1. The van der Waals surface area contributed by atoms with E-state index >= 15 is 0 Å². The van der Waals surface area contributed by atoms with Crippen LogP contribution in [0.3, 0.4) is 0 Å². The van der Waals surface area contributed by atoms with E-state index in [-0.39, 0.29) is 51.4 Å². The number of likely N-dealkylation sites (tertiary alicyclic amines) is 1. The lowest BCUT2D eigenvalue weighted by Crippen LogP contribution is -2.48. The van der Waals surface area contributed by atoms with Crippen molar-refractivity contribution in [1.82, 2.24) is 4.90 Å². The minimum absolute atomic E-state index is 0.0467. The van der Waals surface area contributed by atoms with Crippen molar-refractivity contribution in [2.45, 2.75) is 42.4 Å². The van der Waals surface area contributed by atoms with Gasteiger partial charge in [-0.25, -0.2) is 4.79 Å². The van der Waals surface area contributed by atoms with E-state index in [9.17, 15) is 19.2 Å². The Morgan fingerprint density at radius 1 is 1.03 bits per heavy atom. The van der Waals surface area contributed by atoms with Gasteiger partial charge in [-0.1, -0.05) is 45.7 Å². The molecular weight excluding hydrogens is 558 g/mol. The van der Waals surface area contributed by atoms with Gasteiger partial charge >= 0.3 is 5.97 Å². The van der Waals surface area contributed by atoms with Crippen molar-refractivity contribution in [2.75, 3.05) is 13.7 Å². The van der Waals surface area contributed by atoms with Crippen LogP contribution < -0.4 is 4.74 Å². The molecule has 0 aromatic heterocycles. The Labute approximate surface area is 209 Å². The van der Waals surface area contributed by atoms with Gasteiger partial charge in [-0.2, -0.15) is 0 Å². The lowest BCUT2D eigenvalue weighted by molar-refractivity contribution is -0.159. The fourth-order valence-corrected chi connectivity index (χ4v) is 7.40. The summed E-state index contributed by atoms with van der Waals surface area (Å²) in [6.45, 7) is 3.38. The van der Waals surface area contributed by atoms with Gasteiger partial charge in [-0.15, -0.1) is 0 Å². The van der Waals surface area contributed by atoms with Gasteiger partial charge in [-0.3, -0.25) is 19.3 Å². The number of carbonyl (C=O) groups excluding carboxylic acids is 4. The highest BCUT2D eigenvalue weighted by Crippen LogP contribution is 2.60. The Morgan fingerprint density at radius 2 is 1.58 bits per heavy atom. The van der Waals surface area contributed by atoms with Gasteiger partial charge < -0.3 is 9.47 Å². The number of rotatable bonds is 8. The first-order valence-electron chi connectivity index (χ1n) is 11.1. The van der Waals surface area contributed by atoms with Crippen LogP contribution in [0.2, 0.25) is 0 Å². The molecule has 1 saturated heterocycles. The molecule has 33 heavy (non-hydrogen) atoms. The van der Waals surface area contributed by atoms with Gasteiger partial charge in [0.25, 0.3) is 0 Å². The highest BCUT2D eigenvalue weighted by Gasteiger charge is 2.67. The molecule has 0 spiro atoms. The van der Waals surface area contributed by atoms with Crippen LogP contribution in [0, 0.1) is 29.6 Å². The second-order valence-electron chi connectivity index (χ2n) is 9.46. The molecule has 4 rings (SSSR count). The van der Waals surface area contributed by atoms with Gasteiger partial charge in [0.2, 0.25) is 11.8 Å². The number of amides is 2. The molecule has 3 fully saturated rings. The zero-order valence-electron chi connectivity index (χ0n) is 18.7. The number of fused-ring (bicyclic) bond motifs is 5. The third kappa shape index (κ3) is 4.27. The molecule has 7 nitrogen and oxygen atoms in total. The van der Waals surface area contributed by atoms with Crippen LogP contribution in [0.25, 0.3) is 0 Å². The maximum absolute atomic E-state index is 13.4. The minimum atomic E-state index is -1.03. The van der Waals surface area contributed by atoms with Crippen LogP contribution in [-0.4, -0.2) is 57.9 Å². The van der Waals surface area contributed by atoms with Gasteiger partial charge in [0, 0.05) is 15.2 Å². The Hall–Kier alpha value is -1.74. The quantitative estimate of drug-likeness (QED) is 0.201. The molecule has 2 aliphatic carbocycles. The van der Waals surface area contributed by atoms with E-state index in [0.717, 1.165) is 11.3 Å². The van der Waals surface area contributed by atoms with E-state index in [4.69, 9.17) is 9.47 Å². The van der Waals surface area contributed by atoms with Crippen LogP contribution in [-0.2, 0) is 19.1 Å². The molecule has 178 valence electrons. The minimum Gasteiger partial charge on any atom is -0.497 e. The zero-order chi connectivity index (χ0) is 24.0. The summed E-state index contributed by atoms with van der Waals surface area (Å²) in [6.07, 6.45) is 1.11. The van der Waals surface area contributed by atoms with E-state index in [1.54, 1.807) is 24.3 Å². The normalized spacial score (nSPS) is 31.2.